The van der Waals surface area contributed by atoms with Gasteiger partial charge in [-0.05, 0) is 17.7 Å². The molecule has 0 saturated heterocycles. The molecule has 4 nitrogen and oxygen atoms in total. The van der Waals surface area contributed by atoms with Crippen molar-refractivity contribution >= 4 is 40.1 Å². The van der Waals surface area contributed by atoms with E-state index in [9.17, 15) is 4.79 Å². The molecule has 0 amide bonds. The number of thiazole rings is 1. The van der Waals surface area contributed by atoms with Crippen molar-refractivity contribution in [2.24, 2.45) is 0 Å². The molecular formula is C13H8ClN3OS. The van der Waals surface area contributed by atoms with Crippen LogP contribution in [-0.2, 0) is 0 Å². The van der Waals surface area contributed by atoms with Gasteiger partial charge in [-0.15, -0.1) is 0 Å². The highest BCUT2D eigenvalue weighted by molar-refractivity contribution is 7.20. The second kappa shape index (κ2) is 4.95. The van der Waals surface area contributed by atoms with Crippen molar-refractivity contribution in [2.45, 2.75) is 0 Å². The number of rotatable bonds is 2. The number of fused-ring (bicyclic) bond motifs is 1. The van der Waals surface area contributed by atoms with Crippen LogP contribution in [0.15, 0.2) is 41.6 Å². The lowest BCUT2D eigenvalue weighted by molar-refractivity contribution is 1.07. The predicted octanol–water partition coefficient (Wildman–Crippen LogP) is 2.97. The first-order chi connectivity index (χ1) is 9.22. The maximum absolute atomic E-state index is 11.8. The number of hydrogen-bond acceptors (Lipinski definition) is 4. The highest BCUT2D eigenvalue weighted by Gasteiger charge is 2.04. The van der Waals surface area contributed by atoms with Gasteiger partial charge in [0.1, 0.15) is 4.34 Å². The van der Waals surface area contributed by atoms with Gasteiger partial charge >= 0.3 is 0 Å². The third-order valence-electron chi connectivity index (χ3n) is 2.49. The van der Waals surface area contributed by atoms with Crippen molar-refractivity contribution in [2.75, 3.05) is 0 Å². The van der Waals surface area contributed by atoms with E-state index in [0.717, 1.165) is 5.56 Å². The summed E-state index contributed by atoms with van der Waals surface area (Å²) in [4.78, 5) is 20.8. The highest BCUT2D eigenvalue weighted by atomic mass is 35.5. The van der Waals surface area contributed by atoms with Gasteiger partial charge in [0.05, 0.1) is 5.69 Å². The van der Waals surface area contributed by atoms with E-state index in [1.54, 1.807) is 24.7 Å². The lowest BCUT2D eigenvalue weighted by Gasteiger charge is -1.95. The number of hydrogen-bond donors (Lipinski definition) is 0. The Bertz CT molecular complexity index is 808. The maximum Gasteiger partial charge on any atom is 0.259 e. The van der Waals surface area contributed by atoms with Gasteiger partial charge in [0.15, 0.2) is 4.96 Å². The molecule has 0 unspecified atom stereocenters. The van der Waals surface area contributed by atoms with Crippen molar-refractivity contribution in [1.29, 1.82) is 0 Å². The van der Waals surface area contributed by atoms with Gasteiger partial charge in [0, 0.05) is 24.7 Å². The van der Waals surface area contributed by atoms with Gasteiger partial charge in [0.25, 0.3) is 5.56 Å². The van der Waals surface area contributed by atoms with Crippen LogP contribution in [0.5, 0.6) is 0 Å². The number of aromatic nitrogens is 3. The molecule has 0 radical (unpaired) electrons. The van der Waals surface area contributed by atoms with Crippen molar-refractivity contribution in [1.82, 2.24) is 14.4 Å². The molecule has 3 aromatic rings. The first-order valence-corrected chi connectivity index (χ1v) is 6.69. The van der Waals surface area contributed by atoms with E-state index in [1.807, 2.05) is 18.2 Å². The monoisotopic (exact) mass is 289 g/mol. The molecular weight excluding hydrogens is 282 g/mol. The molecule has 94 valence electrons. The van der Waals surface area contributed by atoms with Gasteiger partial charge < -0.3 is 0 Å². The first kappa shape index (κ1) is 12.1. The fraction of sp³-hybridized carbons (Fsp3) is 0. The lowest BCUT2D eigenvalue weighted by atomic mass is 10.2. The molecule has 6 heteroatoms. The molecule has 0 saturated carbocycles. The van der Waals surface area contributed by atoms with Crippen LogP contribution in [0.25, 0.3) is 17.1 Å². The average Bonchev–Trinajstić information content (AvgIpc) is 2.79. The van der Waals surface area contributed by atoms with Crippen LogP contribution in [-0.4, -0.2) is 14.4 Å². The average molecular weight is 290 g/mol. The summed E-state index contributed by atoms with van der Waals surface area (Å²) in [5.41, 5.74) is 1.42. The highest BCUT2D eigenvalue weighted by Crippen LogP contribution is 2.19. The Morgan fingerprint density at radius 1 is 1.37 bits per heavy atom. The minimum Gasteiger partial charge on any atom is -0.269 e. The Hall–Kier alpha value is -1.98. The summed E-state index contributed by atoms with van der Waals surface area (Å²) in [6.45, 7) is 0. The minimum atomic E-state index is -0.140. The summed E-state index contributed by atoms with van der Waals surface area (Å²) in [7, 11) is 0. The fourth-order valence-corrected chi connectivity index (χ4v) is 2.66. The summed E-state index contributed by atoms with van der Waals surface area (Å²) in [6.07, 6.45) is 8.67. The minimum absolute atomic E-state index is 0.140. The van der Waals surface area contributed by atoms with Gasteiger partial charge in [-0.25, -0.2) is 4.98 Å². The van der Waals surface area contributed by atoms with E-state index in [4.69, 9.17) is 11.6 Å². The first-order valence-electron chi connectivity index (χ1n) is 5.49. The Kier molecular flexibility index (Phi) is 3.15. The van der Waals surface area contributed by atoms with Crippen LogP contribution < -0.4 is 5.56 Å². The largest absolute Gasteiger partial charge is 0.269 e. The SMILES string of the molecule is O=c1cc(/C=C/c2cccnc2)nc2sc(Cl)cn12. The number of halogens is 1. The zero-order chi connectivity index (χ0) is 13.2. The summed E-state index contributed by atoms with van der Waals surface area (Å²) >= 11 is 7.15. The van der Waals surface area contributed by atoms with E-state index >= 15 is 0 Å². The van der Waals surface area contributed by atoms with Crippen LogP contribution in [0.1, 0.15) is 11.3 Å². The second-order valence-corrected chi connectivity index (χ2v) is 5.47. The van der Waals surface area contributed by atoms with Gasteiger partial charge in [-0.2, -0.15) is 0 Å². The van der Waals surface area contributed by atoms with Crippen LogP contribution in [0.4, 0.5) is 0 Å². The Balaban J connectivity index is 2.02. The third kappa shape index (κ3) is 2.57. The summed E-state index contributed by atoms with van der Waals surface area (Å²) < 4.78 is 1.98. The third-order valence-corrected chi connectivity index (χ3v) is 3.59. The van der Waals surface area contributed by atoms with Crippen molar-refractivity contribution in [3.63, 3.8) is 0 Å². The molecule has 0 aliphatic heterocycles. The van der Waals surface area contributed by atoms with E-state index in [-0.39, 0.29) is 5.56 Å². The molecule has 0 bridgehead atoms. The summed E-state index contributed by atoms with van der Waals surface area (Å²) in [6, 6.07) is 5.25. The van der Waals surface area contributed by atoms with Crippen molar-refractivity contribution in [3.8, 4) is 0 Å². The lowest BCUT2D eigenvalue weighted by Crippen LogP contribution is -2.11. The smallest absolute Gasteiger partial charge is 0.259 e. The molecule has 0 aliphatic carbocycles. The van der Waals surface area contributed by atoms with Gasteiger partial charge in [-0.1, -0.05) is 35.1 Å². The molecule has 3 aromatic heterocycles. The van der Waals surface area contributed by atoms with Crippen molar-refractivity contribution < 1.29 is 0 Å². The number of nitrogens with zero attached hydrogens (tertiary/aromatic N) is 3. The molecule has 3 rings (SSSR count). The molecule has 0 aromatic carbocycles. The normalized spacial score (nSPS) is 11.4. The molecule has 0 spiro atoms. The van der Waals surface area contributed by atoms with Crippen LogP contribution in [0, 0.1) is 0 Å². The van der Waals surface area contributed by atoms with E-state index in [2.05, 4.69) is 9.97 Å². The molecule has 0 aliphatic rings. The van der Waals surface area contributed by atoms with E-state index < -0.39 is 0 Å². The maximum atomic E-state index is 11.8. The van der Waals surface area contributed by atoms with Crippen LogP contribution in [0.3, 0.4) is 0 Å². The number of pyridine rings is 1. The van der Waals surface area contributed by atoms with Crippen LogP contribution in [0.2, 0.25) is 4.34 Å². The van der Waals surface area contributed by atoms with E-state index in [1.165, 1.54) is 21.8 Å². The topological polar surface area (TPSA) is 47.3 Å². The van der Waals surface area contributed by atoms with Crippen molar-refractivity contribution in [3.05, 3.63) is 62.7 Å². The molecule has 19 heavy (non-hydrogen) atoms. The molecule has 0 N–H and O–H groups in total. The fourth-order valence-electron chi connectivity index (χ4n) is 1.63. The Morgan fingerprint density at radius 3 is 3.05 bits per heavy atom. The second-order valence-electron chi connectivity index (χ2n) is 3.83. The quantitative estimate of drug-likeness (QED) is 0.729. The zero-order valence-corrected chi connectivity index (χ0v) is 11.2. The molecule has 0 atom stereocenters. The molecule has 3 heterocycles. The van der Waals surface area contributed by atoms with E-state index in [0.29, 0.717) is 15.0 Å². The summed E-state index contributed by atoms with van der Waals surface area (Å²) in [5, 5.41) is 0. The Morgan fingerprint density at radius 2 is 2.26 bits per heavy atom. The Labute approximate surface area is 117 Å². The standard InChI is InChI=1S/C13H8ClN3OS/c14-11-8-17-12(18)6-10(16-13(17)19-11)4-3-9-2-1-5-15-7-9/h1-8H/b4-3+. The predicted molar refractivity (Wildman–Crippen MR) is 77.5 cm³/mol. The summed E-state index contributed by atoms with van der Waals surface area (Å²) in [5.74, 6) is 0. The molecule has 0 fully saturated rings. The zero-order valence-electron chi connectivity index (χ0n) is 9.65. The van der Waals surface area contributed by atoms with Gasteiger partial charge in [-0.3, -0.25) is 14.2 Å². The van der Waals surface area contributed by atoms with Gasteiger partial charge in [0.2, 0.25) is 0 Å². The van der Waals surface area contributed by atoms with Crippen LogP contribution >= 0.6 is 22.9 Å².